The molecule has 6 aromatic carbocycles. The van der Waals surface area contributed by atoms with Crippen LogP contribution in [-0.4, -0.2) is 31.1 Å². The summed E-state index contributed by atoms with van der Waals surface area (Å²) in [6.07, 6.45) is -1.69. The zero-order valence-electron chi connectivity index (χ0n) is 27.8. The smallest absolute Gasteiger partial charge is 0.416 e. The van der Waals surface area contributed by atoms with Gasteiger partial charge in [0, 0.05) is 0 Å². The summed E-state index contributed by atoms with van der Waals surface area (Å²) in [7, 11) is -5.37. The Balaban J connectivity index is 1.45. The predicted octanol–water partition coefficient (Wildman–Crippen LogP) is 9.82. The summed E-state index contributed by atoms with van der Waals surface area (Å²) in [4.78, 5) is -0.201. The molecule has 0 aliphatic carbocycles. The van der Waals surface area contributed by atoms with Crippen molar-refractivity contribution in [1.82, 2.24) is 0 Å². The molecule has 0 unspecified atom stereocenters. The lowest BCUT2D eigenvalue weighted by Gasteiger charge is -2.13. The topological polar surface area (TPSA) is 86.7 Å². The normalized spacial score (nSPS) is 12.9. The minimum absolute atomic E-state index is 0.0410. The van der Waals surface area contributed by atoms with E-state index >= 15 is 0 Å². The summed E-state index contributed by atoms with van der Waals surface area (Å²) in [6.45, 7) is 0. The number of methoxy groups -OCH3 is 2. The summed E-state index contributed by atoms with van der Waals surface area (Å²) in [5.41, 5.74) is 0.520. The van der Waals surface area contributed by atoms with Crippen LogP contribution in [0, 0.1) is 0 Å². The SMILES string of the molecule is COc1ccc(S(=O)(=O)/C(=C/c2ccc(/C=C(\c3ccc4ccccc4c3)S(=O)(=O)c3ccc(OC)cc3)cc2)c2ccc(C(F)(F)F)cc2)cc1. The van der Waals surface area contributed by atoms with Crippen molar-refractivity contribution in [3.63, 3.8) is 0 Å². The molecule has 6 nitrogen and oxygen atoms in total. The first-order valence-electron chi connectivity index (χ1n) is 15.8. The minimum atomic E-state index is -4.60. The number of halogens is 3. The Hall–Kier alpha value is -5.65. The van der Waals surface area contributed by atoms with Gasteiger partial charge in [0.2, 0.25) is 19.7 Å². The molecule has 52 heavy (non-hydrogen) atoms. The van der Waals surface area contributed by atoms with Gasteiger partial charge < -0.3 is 9.47 Å². The lowest BCUT2D eigenvalue weighted by atomic mass is 10.0. The number of benzene rings is 6. The second kappa shape index (κ2) is 14.5. The molecule has 11 heteroatoms. The van der Waals surface area contributed by atoms with Gasteiger partial charge in [-0.05, 0) is 112 Å². The van der Waals surface area contributed by atoms with Crippen molar-refractivity contribution in [2.75, 3.05) is 14.2 Å². The van der Waals surface area contributed by atoms with Gasteiger partial charge in [-0.2, -0.15) is 13.2 Å². The maximum absolute atomic E-state index is 14.1. The molecule has 0 saturated heterocycles. The molecule has 0 aliphatic rings. The maximum Gasteiger partial charge on any atom is 0.416 e. The fourth-order valence-electron chi connectivity index (χ4n) is 5.55. The Morgan fingerprint density at radius 2 is 0.942 bits per heavy atom. The van der Waals surface area contributed by atoms with Crippen LogP contribution in [0.15, 0.2) is 149 Å². The molecule has 0 spiro atoms. The number of sulfone groups is 2. The number of alkyl halides is 3. The highest BCUT2D eigenvalue weighted by atomic mass is 32.2. The number of fused-ring (bicyclic) bond motifs is 1. The third-order valence-corrected chi connectivity index (χ3v) is 12.0. The fraction of sp³-hybridized carbons (Fsp3) is 0.0732. The molecular formula is C41H31F3O6S2. The van der Waals surface area contributed by atoms with Crippen LogP contribution in [0.4, 0.5) is 13.2 Å². The largest absolute Gasteiger partial charge is 0.497 e. The van der Waals surface area contributed by atoms with E-state index in [9.17, 15) is 30.0 Å². The van der Waals surface area contributed by atoms with Crippen molar-refractivity contribution in [2.45, 2.75) is 16.0 Å². The molecule has 6 rings (SSSR count). The Morgan fingerprint density at radius 3 is 1.38 bits per heavy atom. The van der Waals surface area contributed by atoms with E-state index in [0.717, 1.165) is 35.0 Å². The lowest BCUT2D eigenvalue weighted by molar-refractivity contribution is -0.137. The first kappa shape index (κ1) is 36.2. The summed E-state index contributed by atoms with van der Waals surface area (Å²) >= 11 is 0. The van der Waals surface area contributed by atoms with Crippen LogP contribution >= 0.6 is 0 Å². The van der Waals surface area contributed by atoms with Gasteiger partial charge in [-0.1, -0.05) is 72.8 Å². The Kier molecular flexibility index (Phi) is 10.1. The van der Waals surface area contributed by atoms with Crippen molar-refractivity contribution in [1.29, 1.82) is 0 Å². The lowest BCUT2D eigenvalue weighted by Crippen LogP contribution is -2.07. The molecule has 0 bridgehead atoms. The van der Waals surface area contributed by atoms with Crippen molar-refractivity contribution in [3.05, 3.63) is 167 Å². The molecule has 0 N–H and O–H groups in total. The molecule has 6 aromatic rings. The molecule has 0 radical (unpaired) electrons. The van der Waals surface area contributed by atoms with E-state index in [1.807, 2.05) is 30.3 Å². The van der Waals surface area contributed by atoms with Crippen molar-refractivity contribution < 1.29 is 39.5 Å². The van der Waals surface area contributed by atoms with Crippen LogP contribution in [0.5, 0.6) is 11.5 Å². The summed E-state index contributed by atoms with van der Waals surface area (Å²) in [6, 6.07) is 35.1. The molecule has 264 valence electrons. The van der Waals surface area contributed by atoms with Crippen LogP contribution in [0.3, 0.4) is 0 Å². The van der Waals surface area contributed by atoms with Gasteiger partial charge in [-0.3, -0.25) is 0 Å². The molecule has 0 fully saturated rings. The van der Waals surface area contributed by atoms with Gasteiger partial charge >= 0.3 is 6.18 Å². The van der Waals surface area contributed by atoms with Crippen LogP contribution in [0.1, 0.15) is 27.8 Å². The van der Waals surface area contributed by atoms with Crippen LogP contribution in [0.25, 0.3) is 32.7 Å². The van der Waals surface area contributed by atoms with Gasteiger partial charge in [-0.25, -0.2) is 16.8 Å². The number of ether oxygens (including phenoxy) is 2. The van der Waals surface area contributed by atoms with Crippen LogP contribution in [-0.2, 0) is 25.9 Å². The average molecular weight is 741 g/mol. The minimum Gasteiger partial charge on any atom is -0.497 e. The van der Waals surface area contributed by atoms with E-state index < -0.39 is 31.4 Å². The average Bonchev–Trinajstić information content (AvgIpc) is 3.16. The first-order valence-corrected chi connectivity index (χ1v) is 18.7. The number of rotatable bonds is 10. The van der Waals surface area contributed by atoms with Gasteiger partial charge in [0.1, 0.15) is 11.5 Å². The second-order valence-corrected chi connectivity index (χ2v) is 15.5. The van der Waals surface area contributed by atoms with E-state index in [2.05, 4.69) is 0 Å². The third kappa shape index (κ3) is 7.65. The summed E-state index contributed by atoms with van der Waals surface area (Å²) in [5, 5.41) is 1.79. The summed E-state index contributed by atoms with van der Waals surface area (Å²) in [5.74, 6) is 0.934. The molecule has 0 aliphatic heterocycles. The number of hydrogen-bond acceptors (Lipinski definition) is 6. The second-order valence-electron chi connectivity index (χ2n) is 11.7. The highest BCUT2D eigenvalue weighted by Crippen LogP contribution is 2.36. The van der Waals surface area contributed by atoms with Gasteiger partial charge in [0.05, 0.1) is 39.4 Å². The van der Waals surface area contributed by atoms with Gasteiger partial charge in [0.15, 0.2) is 0 Å². The monoisotopic (exact) mass is 740 g/mol. The standard InChI is InChI=1S/C41H31F3O6S2/c1-49-35-17-21-37(22-18-35)51(45,46)39(31-13-15-34(16-14-31)41(42,43)44)25-28-7-9-29(10-8-28)26-40(33-12-11-30-5-3-4-6-32(30)27-33)52(47,48)38-23-19-36(50-2)20-24-38/h3-27H,1-2H3/b39-25+,40-26+. The van der Waals surface area contributed by atoms with Crippen LogP contribution < -0.4 is 9.47 Å². The van der Waals surface area contributed by atoms with E-state index in [-0.39, 0.29) is 25.2 Å². The number of hydrogen-bond donors (Lipinski definition) is 0. The van der Waals surface area contributed by atoms with E-state index in [0.29, 0.717) is 28.2 Å². The van der Waals surface area contributed by atoms with Gasteiger partial charge in [0.25, 0.3) is 0 Å². The zero-order valence-corrected chi connectivity index (χ0v) is 29.5. The molecule has 0 heterocycles. The molecule has 0 saturated carbocycles. The fourth-order valence-corrected chi connectivity index (χ4v) is 8.52. The zero-order chi connectivity index (χ0) is 37.1. The maximum atomic E-state index is 14.1. The Morgan fingerprint density at radius 1 is 0.519 bits per heavy atom. The molecule has 0 aromatic heterocycles. The van der Waals surface area contributed by atoms with E-state index in [1.54, 1.807) is 54.6 Å². The quantitative estimate of drug-likeness (QED) is 0.130. The highest BCUT2D eigenvalue weighted by molar-refractivity contribution is 8.01. The highest BCUT2D eigenvalue weighted by Gasteiger charge is 2.31. The first-order chi connectivity index (χ1) is 24.8. The van der Waals surface area contributed by atoms with Crippen LogP contribution in [0.2, 0.25) is 0 Å². The molecular weight excluding hydrogens is 710 g/mol. The van der Waals surface area contributed by atoms with E-state index in [1.165, 1.54) is 56.7 Å². The van der Waals surface area contributed by atoms with Crippen molar-refractivity contribution >= 4 is 52.4 Å². The third-order valence-electron chi connectivity index (χ3n) is 8.38. The van der Waals surface area contributed by atoms with Gasteiger partial charge in [-0.15, -0.1) is 0 Å². The Labute approximate surface area is 299 Å². The predicted molar refractivity (Wildman–Crippen MR) is 198 cm³/mol. The van der Waals surface area contributed by atoms with E-state index in [4.69, 9.17) is 9.47 Å². The molecule has 0 atom stereocenters. The Bertz CT molecular complexity index is 2510. The van der Waals surface area contributed by atoms with Crippen molar-refractivity contribution in [3.8, 4) is 11.5 Å². The molecule has 0 amide bonds. The summed E-state index contributed by atoms with van der Waals surface area (Å²) < 4.78 is 107. The van der Waals surface area contributed by atoms with Crippen molar-refractivity contribution in [2.24, 2.45) is 0 Å².